The predicted octanol–water partition coefficient (Wildman–Crippen LogP) is 5.09. The highest BCUT2D eigenvalue weighted by molar-refractivity contribution is 7.89. The van der Waals surface area contributed by atoms with Crippen LogP contribution in [0.5, 0.6) is 0 Å². The van der Waals surface area contributed by atoms with Crippen molar-refractivity contribution in [3.05, 3.63) is 102 Å². The zero-order chi connectivity index (χ0) is 23.4. The normalized spacial score (nSPS) is 21.5. The molecule has 1 fully saturated rings. The fourth-order valence-corrected chi connectivity index (χ4v) is 6.38. The molecule has 0 N–H and O–H groups in total. The average molecular weight is 464 g/mol. The summed E-state index contributed by atoms with van der Waals surface area (Å²) < 4.78 is 34.4. The number of ether oxygens (including phenoxy) is 1. The molecule has 0 radical (unpaired) electrons. The van der Waals surface area contributed by atoms with E-state index in [0.717, 1.165) is 16.7 Å². The topological polar surface area (TPSA) is 63.7 Å². The number of carbonyl (C=O) groups excluding carboxylic acids is 1. The maximum atomic E-state index is 13.9. The van der Waals surface area contributed by atoms with E-state index in [-0.39, 0.29) is 35.2 Å². The second-order valence-electron chi connectivity index (χ2n) is 8.61. The summed E-state index contributed by atoms with van der Waals surface area (Å²) in [5.41, 5.74) is 2.96. The Labute approximate surface area is 196 Å². The molecule has 5 nitrogen and oxygen atoms in total. The van der Waals surface area contributed by atoms with Crippen molar-refractivity contribution in [1.82, 2.24) is 4.31 Å². The molecule has 0 aliphatic carbocycles. The number of aryl methyl sites for hydroxylation is 1. The molecule has 1 saturated heterocycles. The van der Waals surface area contributed by atoms with Crippen molar-refractivity contribution in [3.8, 4) is 0 Å². The lowest BCUT2D eigenvalue weighted by Crippen LogP contribution is -2.45. The summed E-state index contributed by atoms with van der Waals surface area (Å²) in [5.74, 6) is -0.442. The van der Waals surface area contributed by atoms with Gasteiger partial charge in [0.05, 0.1) is 18.0 Å². The predicted molar refractivity (Wildman–Crippen MR) is 128 cm³/mol. The van der Waals surface area contributed by atoms with Crippen LogP contribution in [0.4, 0.5) is 0 Å². The first-order chi connectivity index (χ1) is 15.9. The third-order valence-corrected chi connectivity index (χ3v) is 8.40. The summed E-state index contributed by atoms with van der Waals surface area (Å²) in [4.78, 5) is 12.6. The van der Waals surface area contributed by atoms with Gasteiger partial charge in [0.2, 0.25) is 10.0 Å². The number of hydrogen-bond acceptors (Lipinski definition) is 4. The number of piperidine rings is 1. The molecule has 33 heavy (non-hydrogen) atoms. The lowest BCUT2D eigenvalue weighted by atomic mass is 9.76. The summed E-state index contributed by atoms with van der Waals surface area (Å²) in [5, 5.41) is 0. The summed E-state index contributed by atoms with van der Waals surface area (Å²) in [7, 11) is -2.36. The van der Waals surface area contributed by atoms with E-state index in [1.54, 1.807) is 16.4 Å². The Bertz CT molecular complexity index is 1180. The Hall–Kier alpha value is -2.96. The molecule has 1 heterocycles. The van der Waals surface area contributed by atoms with Gasteiger partial charge in [-0.3, -0.25) is 4.79 Å². The molecule has 172 valence electrons. The summed E-state index contributed by atoms with van der Waals surface area (Å²) in [6.07, 6.45) is 0.779. The van der Waals surface area contributed by atoms with Gasteiger partial charge in [-0.2, -0.15) is 4.31 Å². The Morgan fingerprint density at radius 2 is 1.48 bits per heavy atom. The van der Waals surface area contributed by atoms with Crippen molar-refractivity contribution in [2.24, 2.45) is 5.92 Å². The van der Waals surface area contributed by atoms with Gasteiger partial charge in [0.25, 0.3) is 0 Å². The van der Waals surface area contributed by atoms with Crippen molar-refractivity contribution in [3.63, 3.8) is 0 Å². The van der Waals surface area contributed by atoms with E-state index in [2.05, 4.69) is 0 Å². The molecule has 4 rings (SSSR count). The molecule has 0 amide bonds. The van der Waals surface area contributed by atoms with Crippen LogP contribution < -0.4 is 0 Å². The molecule has 6 heteroatoms. The standard InChI is InChI=1S/C27H29NO4S/c1-20-13-15-24(16-14-20)33(30,31)28-19-25(21-9-5-3-6-10-21)23(18-27(29)32-2)17-26(28)22-11-7-4-8-12-22/h3-16,23,25-26H,17-19H2,1-2H3/t23-,25+,26+/m0/s1. The van der Waals surface area contributed by atoms with E-state index < -0.39 is 10.0 Å². The Morgan fingerprint density at radius 3 is 2.06 bits per heavy atom. The average Bonchev–Trinajstić information content (AvgIpc) is 2.85. The van der Waals surface area contributed by atoms with Crippen LogP contribution >= 0.6 is 0 Å². The van der Waals surface area contributed by atoms with Gasteiger partial charge < -0.3 is 4.74 Å². The molecule has 0 aromatic heterocycles. The van der Waals surface area contributed by atoms with E-state index in [9.17, 15) is 13.2 Å². The Balaban J connectivity index is 1.80. The third kappa shape index (κ3) is 5.02. The lowest BCUT2D eigenvalue weighted by Gasteiger charge is -2.43. The van der Waals surface area contributed by atoms with Crippen LogP contribution in [0.25, 0.3) is 0 Å². The number of benzene rings is 3. The lowest BCUT2D eigenvalue weighted by molar-refractivity contribution is -0.142. The molecule has 0 bridgehead atoms. The van der Waals surface area contributed by atoms with E-state index in [4.69, 9.17) is 4.74 Å². The number of esters is 1. The fraction of sp³-hybridized carbons (Fsp3) is 0.296. The zero-order valence-electron chi connectivity index (χ0n) is 18.9. The fourth-order valence-electron chi connectivity index (χ4n) is 4.73. The molecule has 3 atom stereocenters. The minimum atomic E-state index is -3.76. The van der Waals surface area contributed by atoms with Crippen molar-refractivity contribution >= 4 is 16.0 Å². The van der Waals surface area contributed by atoms with Crippen LogP contribution in [0.15, 0.2) is 89.8 Å². The van der Waals surface area contributed by atoms with Crippen LogP contribution in [0.2, 0.25) is 0 Å². The molecule has 0 unspecified atom stereocenters. The monoisotopic (exact) mass is 463 g/mol. The van der Waals surface area contributed by atoms with Crippen molar-refractivity contribution in [2.45, 2.75) is 36.6 Å². The summed E-state index contributed by atoms with van der Waals surface area (Å²) in [6.45, 7) is 2.23. The van der Waals surface area contributed by atoms with E-state index in [0.29, 0.717) is 13.0 Å². The van der Waals surface area contributed by atoms with Gasteiger partial charge in [-0.1, -0.05) is 78.4 Å². The number of rotatable bonds is 6. The van der Waals surface area contributed by atoms with E-state index in [1.807, 2.05) is 79.7 Å². The highest BCUT2D eigenvalue weighted by atomic mass is 32.2. The molecular weight excluding hydrogens is 434 g/mol. The minimum absolute atomic E-state index is 0.0467. The SMILES string of the molecule is COC(=O)C[C@@H]1C[C@H](c2ccccc2)N(S(=O)(=O)c2ccc(C)cc2)C[C@@H]1c1ccccc1. The number of nitrogens with zero attached hydrogens (tertiary/aromatic N) is 1. The van der Waals surface area contributed by atoms with E-state index >= 15 is 0 Å². The van der Waals surface area contributed by atoms with Crippen molar-refractivity contribution < 1.29 is 17.9 Å². The van der Waals surface area contributed by atoms with Gasteiger partial charge >= 0.3 is 5.97 Å². The molecule has 0 saturated carbocycles. The van der Waals surface area contributed by atoms with Gasteiger partial charge in [-0.05, 0) is 42.5 Å². The molecule has 3 aromatic carbocycles. The Kier molecular flexibility index (Phi) is 6.96. The maximum Gasteiger partial charge on any atom is 0.305 e. The Morgan fingerprint density at radius 1 is 0.909 bits per heavy atom. The van der Waals surface area contributed by atoms with Crippen LogP contribution in [0.1, 0.15) is 41.5 Å². The van der Waals surface area contributed by atoms with Crippen LogP contribution in [-0.4, -0.2) is 32.3 Å². The zero-order valence-corrected chi connectivity index (χ0v) is 19.7. The molecule has 0 spiro atoms. The quantitative estimate of drug-likeness (QED) is 0.478. The molecule has 3 aromatic rings. The first-order valence-electron chi connectivity index (χ1n) is 11.2. The van der Waals surface area contributed by atoms with Gasteiger partial charge in [0, 0.05) is 18.9 Å². The van der Waals surface area contributed by atoms with Gasteiger partial charge in [0.1, 0.15) is 0 Å². The molecule has 1 aliphatic rings. The van der Waals surface area contributed by atoms with Gasteiger partial charge in [0.15, 0.2) is 0 Å². The first-order valence-corrected chi connectivity index (χ1v) is 12.6. The summed E-state index contributed by atoms with van der Waals surface area (Å²) in [6, 6.07) is 26.2. The third-order valence-electron chi connectivity index (χ3n) is 6.52. The van der Waals surface area contributed by atoms with Crippen LogP contribution in [0, 0.1) is 12.8 Å². The molecule has 1 aliphatic heterocycles. The van der Waals surface area contributed by atoms with Gasteiger partial charge in [-0.15, -0.1) is 0 Å². The highest BCUT2D eigenvalue weighted by Crippen LogP contribution is 2.45. The van der Waals surface area contributed by atoms with Crippen LogP contribution in [-0.2, 0) is 19.6 Å². The van der Waals surface area contributed by atoms with Gasteiger partial charge in [-0.25, -0.2) is 8.42 Å². The van der Waals surface area contributed by atoms with E-state index in [1.165, 1.54) is 7.11 Å². The smallest absolute Gasteiger partial charge is 0.305 e. The van der Waals surface area contributed by atoms with Crippen LogP contribution in [0.3, 0.4) is 0 Å². The number of carbonyl (C=O) groups is 1. The number of methoxy groups -OCH3 is 1. The second-order valence-corrected chi connectivity index (χ2v) is 10.5. The minimum Gasteiger partial charge on any atom is -0.469 e. The molecular formula is C27H29NO4S. The first kappa shape index (κ1) is 23.2. The number of hydrogen-bond donors (Lipinski definition) is 0. The van der Waals surface area contributed by atoms with Crippen molar-refractivity contribution in [2.75, 3.05) is 13.7 Å². The largest absolute Gasteiger partial charge is 0.469 e. The number of sulfonamides is 1. The second kappa shape index (κ2) is 9.89. The maximum absolute atomic E-state index is 13.9. The summed E-state index contributed by atoms with van der Waals surface area (Å²) >= 11 is 0. The van der Waals surface area contributed by atoms with Crippen molar-refractivity contribution in [1.29, 1.82) is 0 Å². The highest BCUT2D eigenvalue weighted by Gasteiger charge is 2.43.